The van der Waals surface area contributed by atoms with Crippen molar-refractivity contribution >= 4 is 29.2 Å². The summed E-state index contributed by atoms with van der Waals surface area (Å²) in [6.45, 7) is 3.41. The monoisotopic (exact) mass is 397 g/mol. The standard InChI is InChI=1S/C14H12Cl2F3N3O3/c1-3-24-10-6(2)22(13(20)23)21-12(10)25-11-8(15)4-7(5-9(11)16)14(17,18)19/h4-5H,3H2,1-2H3,(H2,20,23). The van der Waals surface area contributed by atoms with E-state index >= 15 is 0 Å². The third-order valence-corrected chi connectivity index (χ3v) is 3.61. The molecule has 0 unspecified atom stereocenters. The van der Waals surface area contributed by atoms with Crippen LogP contribution in [0.3, 0.4) is 0 Å². The van der Waals surface area contributed by atoms with Crippen LogP contribution in [0.5, 0.6) is 17.4 Å². The maximum Gasteiger partial charge on any atom is 0.416 e. The molecule has 0 bridgehead atoms. The number of aromatic nitrogens is 2. The van der Waals surface area contributed by atoms with Crippen molar-refractivity contribution in [3.8, 4) is 17.4 Å². The van der Waals surface area contributed by atoms with E-state index in [0.717, 1.165) is 4.68 Å². The predicted molar refractivity (Wildman–Crippen MR) is 84.7 cm³/mol. The van der Waals surface area contributed by atoms with Crippen molar-refractivity contribution < 1.29 is 27.4 Å². The highest BCUT2D eigenvalue weighted by molar-refractivity contribution is 6.37. The van der Waals surface area contributed by atoms with Crippen LogP contribution < -0.4 is 15.2 Å². The SMILES string of the molecule is CCOc1c(Oc2c(Cl)cc(C(F)(F)F)cc2Cl)nn(C(N)=O)c1C. The zero-order valence-electron chi connectivity index (χ0n) is 12.9. The van der Waals surface area contributed by atoms with Gasteiger partial charge >= 0.3 is 12.2 Å². The molecule has 2 rings (SSSR count). The molecule has 1 amide bonds. The second kappa shape index (κ2) is 7.01. The summed E-state index contributed by atoms with van der Waals surface area (Å²) >= 11 is 11.7. The first kappa shape index (κ1) is 19.2. The molecule has 2 N–H and O–H groups in total. The maximum atomic E-state index is 12.8. The molecule has 0 fully saturated rings. The molecule has 6 nitrogen and oxygen atoms in total. The minimum atomic E-state index is -4.62. The molecule has 0 saturated heterocycles. The molecule has 2 aromatic rings. The van der Waals surface area contributed by atoms with Crippen LogP contribution in [0, 0.1) is 6.92 Å². The third kappa shape index (κ3) is 3.93. The van der Waals surface area contributed by atoms with E-state index in [1.165, 1.54) is 6.92 Å². The van der Waals surface area contributed by atoms with Crippen LogP contribution in [0.1, 0.15) is 18.2 Å². The summed E-state index contributed by atoms with van der Waals surface area (Å²) in [6, 6.07) is 0.445. The number of amides is 1. The Bertz CT molecular complexity index is 799. The number of benzene rings is 1. The lowest BCUT2D eigenvalue weighted by atomic mass is 10.2. The molecule has 11 heteroatoms. The van der Waals surface area contributed by atoms with E-state index < -0.39 is 17.8 Å². The summed E-state index contributed by atoms with van der Waals surface area (Å²) in [5, 5.41) is 3.07. The van der Waals surface area contributed by atoms with Crippen molar-refractivity contribution in [3.05, 3.63) is 33.4 Å². The fourth-order valence-electron chi connectivity index (χ4n) is 1.97. The molecule has 0 aliphatic carbocycles. The van der Waals surface area contributed by atoms with Gasteiger partial charge in [-0.15, -0.1) is 5.10 Å². The number of nitrogens with zero attached hydrogens (tertiary/aromatic N) is 2. The van der Waals surface area contributed by atoms with Crippen LogP contribution in [-0.2, 0) is 6.18 Å². The molecule has 1 heterocycles. The van der Waals surface area contributed by atoms with Gasteiger partial charge in [0.2, 0.25) is 5.75 Å². The van der Waals surface area contributed by atoms with E-state index in [-0.39, 0.29) is 39.7 Å². The second-order valence-electron chi connectivity index (χ2n) is 4.77. The van der Waals surface area contributed by atoms with Crippen molar-refractivity contribution in [2.75, 3.05) is 6.61 Å². The van der Waals surface area contributed by atoms with Crippen LogP contribution >= 0.6 is 23.2 Å². The van der Waals surface area contributed by atoms with Crippen molar-refractivity contribution in [2.24, 2.45) is 5.73 Å². The van der Waals surface area contributed by atoms with Gasteiger partial charge < -0.3 is 15.2 Å². The summed E-state index contributed by atoms with van der Waals surface area (Å²) in [5.74, 6) is -0.374. The second-order valence-corrected chi connectivity index (χ2v) is 5.59. The molecule has 0 aliphatic rings. The van der Waals surface area contributed by atoms with E-state index in [0.29, 0.717) is 12.1 Å². The normalized spacial score (nSPS) is 11.5. The third-order valence-electron chi connectivity index (χ3n) is 3.05. The van der Waals surface area contributed by atoms with Gasteiger partial charge in [0, 0.05) is 0 Å². The van der Waals surface area contributed by atoms with E-state index in [1.54, 1.807) is 6.92 Å². The molecule has 0 aliphatic heterocycles. The number of hydrogen-bond donors (Lipinski definition) is 1. The van der Waals surface area contributed by atoms with Crippen LogP contribution in [0.4, 0.5) is 18.0 Å². The van der Waals surface area contributed by atoms with Gasteiger partial charge in [-0.3, -0.25) is 0 Å². The van der Waals surface area contributed by atoms with Crippen molar-refractivity contribution in [2.45, 2.75) is 20.0 Å². The van der Waals surface area contributed by atoms with Crippen LogP contribution in [0.15, 0.2) is 12.1 Å². The van der Waals surface area contributed by atoms with E-state index in [9.17, 15) is 18.0 Å². The summed E-state index contributed by atoms with van der Waals surface area (Å²) in [4.78, 5) is 11.4. The fraction of sp³-hybridized carbons (Fsp3) is 0.286. The number of hydrogen-bond acceptors (Lipinski definition) is 4. The van der Waals surface area contributed by atoms with Gasteiger partial charge in [-0.2, -0.15) is 17.9 Å². The van der Waals surface area contributed by atoms with Gasteiger partial charge in [0.15, 0.2) is 5.75 Å². The van der Waals surface area contributed by atoms with Crippen LogP contribution in [-0.4, -0.2) is 22.4 Å². The lowest BCUT2D eigenvalue weighted by Gasteiger charge is -2.12. The Morgan fingerprint density at radius 3 is 2.28 bits per heavy atom. The molecule has 25 heavy (non-hydrogen) atoms. The summed E-state index contributed by atoms with van der Waals surface area (Å²) in [5.41, 5.74) is 4.41. The number of carbonyl (C=O) groups is 1. The number of primary amides is 1. The van der Waals surface area contributed by atoms with Crippen molar-refractivity contribution in [1.82, 2.24) is 9.78 Å². The molecular weight excluding hydrogens is 386 g/mol. The minimum absolute atomic E-state index is 0.0910. The molecule has 1 aromatic heterocycles. The van der Waals surface area contributed by atoms with E-state index in [4.69, 9.17) is 38.4 Å². The van der Waals surface area contributed by atoms with Gasteiger partial charge in [-0.25, -0.2) is 4.79 Å². The Morgan fingerprint density at radius 2 is 1.84 bits per heavy atom. The smallest absolute Gasteiger partial charge is 0.416 e. The lowest BCUT2D eigenvalue weighted by Crippen LogP contribution is -2.22. The zero-order chi connectivity index (χ0) is 18.9. The van der Waals surface area contributed by atoms with Crippen molar-refractivity contribution in [1.29, 1.82) is 0 Å². The highest BCUT2D eigenvalue weighted by Gasteiger charge is 2.33. The molecule has 0 radical (unpaired) electrons. The minimum Gasteiger partial charge on any atom is -0.487 e. The zero-order valence-corrected chi connectivity index (χ0v) is 14.5. The van der Waals surface area contributed by atoms with Gasteiger partial charge in [0.05, 0.1) is 27.9 Å². The number of alkyl halides is 3. The fourth-order valence-corrected chi connectivity index (χ4v) is 2.54. The van der Waals surface area contributed by atoms with Crippen molar-refractivity contribution in [3.63, 3.8) is 0 Å². The Morgan fingerprint density at radius 1 is 1.28 bits per heavy atom. The molecular formula is C14H12Cl2F3N3O3. The first-order valence-corrected chi connectivity index (χ1v) is 7.58. The van der Waals surface area contributed by atoms with Gasteiger partial charge in [0.25, 0.3) is 5.88 Å². The number of rotatable bonds is 4. The molecule has 0 atom stereocenters. The highest BCUT2D eigenvalue weighted by atomic mass is 35.5. The number of carbonyl (C=O) groups excluding carboxylic acids is 1. The summed E-state index contributed by atoms with van der Waals surface area (Å²) in [7, 11) is 0. The predicted octanol–water partition coefficient (Wildman–Crippen LogP) is 4.63. The van der Waals surface area contributed by atoms with Gasteiger partial charge in [0.1, 0.15) is 0 Å². The highest BCUT2D eigenvalue weighted by Crippen LogP contribution is 2.43. The Labute approximate surface area is 150 Å². The number of ether oxygens (including phenoxy) is 2. The van der Waals surface area contributed by atoms with E-state index in [2.05, 4.69) is 5.10 Å². The first-order valence-electron chi connectivity index (χ1n) is 6.82. The van der Waals surface area contributed by atoms with Crippen LogP contribution in [0.2, 0.25) is 10.0 Å². The Hall–Kier alpha value is -2.13. The molecule has 0 saturated carbocycles. The van der Waals surface area contributed by atoms with Gasteiger partial charge in [-0.1, -0.05) is 23.2 Å². The number of halogens is 5. The Balaban J connectivity index is 2.50. The summed E-state index contributed by atoms with van der Waals surface area (Å²) < 4.78 is 49.9. The topological polar surface area (TPSA) is 79.4 Å². The average Bonchev–Trinajstić information content (AvgIpc) is 2.79. The molecule has 0 spiro atoms. The number of nitrogens with two attached hydrogens (primary N) is 1. The molecule has 1 aromatic carbocycles. The van der Waals surface area contributed by atoms with Gasteiger partial charge in [-0.05, 0) is 26.0 Å². The van der Waals surface area contributed by atoms with Crippen LogP contribution in [0.25, 0.3) is 0 Å². The quantitative estimate of drug-likeness (QED) is 0.814. The lowest BCUT2D eigenvalue weighted by molar-refractivity contribution is -0.137. The summed E-state index contributed by atoms with van der Waals surface area (Å²) in [6.07, 6.45) is -4.62. The maximum absolute atomic E-state index is 12.8. The average molecular weight is 398 g/mol. The molecule has 136 valence electrons. The Kier molecular flexibility index (Phi) is 5.38. The van der Waals surface area contributed by atoms with E-state index in [1.807, 2.05) is 0 Å². The largest absolute Gasteiger partial charge is 0.487 e. The first-order chi connectivity index (χ1) is 11.6.